The molecule has 7 nitrogen and oxygen atoms in total. The van der Waals surface area contributed by atoms with E-state index in [0.29, 0.717) is 37.7 Å². The maximum atomic E-state index is 14.0. The zero-order valence-electron chi connectivity index (χ0n) is 20.1. The van der Waals surface area contributed by atoms with Gasteiger partial charge in [0.15, 0.2) is 4.80 Å². The number of hydrogen-bond donors (Lipinski definition) is 0. The molecule has 3 aromatic rings. The fraction of sp³-hybridized carbons (Fsp3) is 0.259. The van der Waals surface area contributed by atoms with Gasteiger partial charge in [0.05, 0.1) is 29.6 Å². The maximum Gasteiger partial charge on any atom is 0.338 e. The fourth-order valence-corrected chi connectivity index (χ4v) is 6.15. The van der Waals surface area contributed by atoms with E-state index in [0.717, 1.165) is 35.4 Å². The Morgan fingerprint density at radius 2 is 1.86 bits per heavy atom. The second-order valence-corrected chi connectivity index (χ2v) is 10.0. The summed E-state index contributed by atoms with van der Waals surface area (Å²) in [4.78, 5) is 47.2. The molecule has 0 saturated carbocycles. The zero-order chi connectivity index (χ0) is 25.6. The first kappa shape index (κ1) is 24.2. The lowest BCUT2D eigenvalue weighted by molar-refractivity contribution is -0.136. The predicted molar refractivity (Wildman–Crippen MR) is 140 cm³/mol. The second kappa shape index (κ2) is 9.52. The number of benzene rings is 2. The van der Waals surface area contributed by atoms with E-state index < -0.39 is 17.6 Å². The Morgan fingerprint density at radius 3 is 2.58 bits per heavy atom. The van der Waals surface area contributed by atoms with Crippen LogP contribution in [0.4, 0.5) is 5.69 Å². The molecule has 0 radical (unpaired) electrons. The van der Waals surface area contributed by atoms with Crippen LogP contribution in [0.25, 0.3) is 5.57 Å². The molecule has 2 aliphatic rings. The normalized spacial score (nSPS) is 18.2. The number of carbonyl (C=O) groups is 2. The van der Waals surface area contributed by atoms with Crippen molar-refractivity contribution in [3.63, 3.8) is 0 Å². The summed E-state index contributed by atoms with van der Waals surface area (Å²) in [7, 11) is 1.29. The summed E-state index contributed by atoms with van der Waals surface area (Å²) in [5.41, 5.74) is 2.74. The van der Waals surface area contributed by atoms with Crippen LogP contribution in [-0.2, 0) is 14.3 Å². The number of nitrogens with zero attached hydrogens (tertiary/aromatic N) is 3. The van der Waals surface area contributed by atoms with Crippen molar-refractivity contribution in [3.05, 3.63) is 95.6 Å². The lowest BCUT2D eigenvalue weighted by Gasteiger charge is -2.25. The SMILES string of the molecule is CCCCN1C(=O)/C(=c2\sc3n(c2=O)C(c2ccccc2Cl)C(C(=O)OC)=C(C)N=3)c2ccccc21. The van der Waals surface area contributed by atoms with Crippen molar-refractivity contribution >= 4 is 46.1 Å². The van der Waals surface area contributed by atoms with Crippen LogP contribution in [-0.4, -0.2) is 30.1 Å². The number of rotatable bonds is 5. The molecule has 9 heteroatoms. The van der Waals surface area contributed by atoms with Crippen LogP contribution in [0.5, 0.6) is 0 Å². The highest BCUT2D eigenvalue weighted by Gasteiger charge is 2.37. The number of methoxy groups -OCH3 is 1. The third-order valence-corrected chi connectivity index (χ3v) is 7.89. The minimum Gasteiger partial charge on any atom is -0.466 e. The van der Waals surface area contributed by atoms with Gasteiger partial charge in [0, 0.05) is 17.1 Å². The molecule has 1 aromatic heterocycles. The van der Waals surface area contributed by atoms with Crippen LogP contribution in [0, 0.1) is 0 Å². The zero-order valence-corrected chi connectivity index (χ0v) is 21.7. The summed E-state index contributed by atoms with van der Waals surface area (Å²) in [5.74, 6) is -0.791. The van der Waals surface area contributed by atoms with Crippen molar-refractivity contribution in [1.29, 1.82) is 0 Å². The van der Waals surface area contributed by atoms with Gasteiger partial charge in [-0.1, -0.05) is 72.7 Å². The van der Waals surface area contributed by atoms with Crippen LogP contribution in [0.2, 0.25) is 5.02 Å². The van der Waals surface area contributed by atoms with E-state index in [1.165, 1.54) is 11.7 Å². The van der Waals surface area contributed by atoms with Crippen molar-refractivity contribution in [1.82, 2.24) is 4.57 Å². The highest BCUT2D eigenvalue weighted by atomic mass is 35.5. The number of unbranched alkanes of at least 4 members (excludes halogenated alkanes) is 1. The largest absolute Gasteiger partial charge is 0.466 e. The predicted octanol–water partition coefficient (Wildman–Crippen LogP) is 3.58. The molecule has 0 saturated heterocycles. The highest BCUT2D eigenvalue weighted by Crippen LogP contribution is 2.36. The fourth-order valence-electron chi connectivity index (χ4n) is 4.77. The number of aromatic nitrogens is 1. The minimum atomic E-state index is -0.834. The van der Waals surface area contributed by atoms with Gasteiger partial charge in [0.2, 0.25) is 0 Å². The van der Waals surface area contributed by atoms with E-state index in [1.54, 1.807) is 36.1 Å². The lowest BCUT2D eigenvalue weighted by Crippen LogP contribution is -2.41. The molecule has 5 rings (SSSR count). The van der Waals surface area contributed by atoms with Gasteiger partial charge < -0.3 is 9.64 Å². The average molecular weight is 522 g/mol. The standard InChI is InChI=1S/C27H24ClN3O4S/c1-4-5-14-30-19-13-9-7-11-17(19)21(24(30)32)23-25(33)31-22(16-10-6-8-12-18(16)28)20(26(34)35-3)15(2)29-27(31)36-23/h6-13,22H,4-5,14H2,1-3H3/b23-21-. The number of thiazole rings is 1. The number of halogens is 1. The molecule has 1 atom stereocenters. The van der Waals surface area contributed by atoms with Gasteiger partial charge in [0.1, 0.15) is 10.6 Å². The molecule has 0 bridgehead atoms. The van der Waals surface area contributed by atoms with Gasteiger partial charge >= 0.3 is 5.97 Å². The van der Waals surface area contributed by atoms with E-state index >= 15 is 0 Å². The van der Waals surface area contributed by atoms with Gasteiger partial charge in [-0.15, -0.1) is 0 Å². The van der Waals surface area contributed by atoms with E-state index in [4.69, 9.17) is 16.3 Å². The molecule has 2 aromatic carbocycles. The van der Waals surface area contributed by atoms with E-state index in [2.05, 4.69) is 11.9 Å². The molecule has 1 amide bonds. The Bertz CT molecular complexity index is 1620. The second-order valence-electron chi connectivity index (χ2n) is 8.62. The number of amides is 1. The van der Waals surface area contributed by atoms with E-state index in [-0.39, 0.29) is 11.5 Å². The van der Waals surface area contributed by atoms with Crippen molar-refractivity contribution in [2.24, 2.45) is 4.99 Å². The monoisotopic (exact) mass is 521 g/mol. The number of carbonyl (C=O) groups excluding carboxylic acids is 2. The summed E-state index contributed by atoms with van der Waals surface area (Å²) < 4.78 is 6.80. The van der Waals surface area contributed by atoms with Crippen molar-refractivity contribution < 1.29 is 14.3 Å². The van der Waals surface area contributed by atoms with Gasteiger partial charge in [0.25, 0.3) is 11.5 Å². The molecule has 3 heterocycles. The average Bonchev–Trinajstić information content (AvgIpc) is 3.34. The van der Waals surface area contributed by atoms with Crippen LogP contribution in [0.15, 0.2) is 69.6 Å². The number of fused-ring (bicyclic) bond motifs is 2. The molecule has 0 N–H and O–H groups in total. The summed E-state index contributed by atoms with van der Waals surface area (Å²) in [6.07, 6.45) is 1.79. The van der Waals surface area contributed by atoms with Gasteiger partial charge in [-0.3, -0.25) is 14.2 Å². The lowest BCUT2D eigenvalue weighted by atomic mass is 9.96. The van der Waals surface area contributed by atoms with Gasteiger partial charge in [-0.25, -0.2) is 9.79 Å². The topological polar surface area (TPSA) is 81.0 Å². The van der Waals surface area contributed by atoms with Crippen molar-refractivity contribution in [3.8, 4) is 0 Å². The Hall–Kier alpha value is -3.49. The van der Waals surface area contributed by atoms with Crippen LogP contribution in [0.1, 0.15) is 43.9 Å². The Balaban J connectivity index is 1.82. The summed E-state index contributed by atoms with van der Waals surface area (Å²) >= 11 is 7.70. The molecule has 0 aliphatic carbocycles. The van der Waals surface area contributed by atoms with Crippen molar-refractivity contribution in [2.75, 3.05) is 18.6 Å². The molecular weight excluding hydrogens is 498 g/mol. The smallest absolute Gasteiger partial charge is 0.338 e. The Labute approximate surface area is 216 Å². The molecule has 2 aliphatic heterocycles. The first-order valence-electron chi connectivity index (χ1n) is 11.7. The minimum absolute atomic E-state index is 0.201. The van der Waals surface area contributed by atoms with Gasteiger partial charge in [-0.05, 0) is 31.0 Å². The quantitative estimate of drug-likeness (QED) is 0.481. The third-order valence-electron chi connectivity index (χ3n) is 6.49. The van der Waals surface area contributed by atoms with Crippen LogP contribution < -0.4 is 19.8 Å². The maximum absolute atomic E-state index is 14.0. The number of esters is 1. The van der Waals surface area contributed by atoms with E-state index in [1.807, 2.05) is 24.3 Å². The summed E-state index contributed by atoms with van der Waals surface area (Å²) in [5, 5.41) is 0.407. The number of allylic oxidation sites excluding steroid dienone is 1. The first-order valence-corrected chi connectivity index (χ1v) is 12.9. The number of para-hydroxylation sites is 1. The molecule has 184 valence electrons. The number of ether oxygens (including phenoxy) is 1. The summed E-state index contributed by atoms with van der Waals surface area (Å²) in [6.45, 7) is 4.35. The van der Waals surface area contributed by atoms with Crippen LogP contribution >= 0.6 is 22.9 Å². The molecule has 1 unspecified atom stereocenters. The van der Waals surface area contributed by atoms with Gasteiger partial charge in [-0.2, -0.15) is 0 Å². The molecule has 0 spiro atoms. The molecule has 36 heavy (non-hydrogen) atoms. The highest BCUT2D eigenvalue weighted by molar-refractivity contribution is 7.07. The van der Waals surface area contributed by atoms with Crippen LogP contribution in [0.3, 0.4) is 0 Å². The Kier molecular flexibility index (Phi) is 6.40. The molecular formula is C27H24ClN3O4S. The summed E-state index contributed by atoms with van der Waals surface area (Å²) in [6, 6.07) is 13.7. The number of hydrogen-bond acceptors (Lipinski definition) is 6. The van der Waals surface area contributed by atoms with E-state index in [9.17, 15) is 14.4 Å². The number of anilines is 1. The van der Waals surface area contributed by atoms with Crippen molar-refractivity contribution in [2.45, 2.75) is 32.7 Å². The third kappa shape index (κ3) is 3.72. The molecule has 0 fully saturated rings. The first-order chi connectivity index (χ1) is 17.4. The Morgan fingerprint density at radius 1 is 1.14 bits per heavy atom.